The largest absolute Gasteiger partial charge is 0.461 e. The molecule has 0 aliphatic rings. The van der Waals surface area contributed by atoms with E-state index in [4.69, 9.17) is 15.2 Å². The molecule has 1 rings (SSSR count). The van der Waals surface area contributed by atoms with E-state index < -0.39 is 17.4 Å². The van der Waals surface area contributed by atoms with Crippen molar-refractivity contribution in [2.24, 2.45) is 5.73 Å². The lowest BCUT2D eigenvalue weighted by Crippen LogP contribution is -2.40. The number of ether oxygens (including phenoxy) is 2. The van der Waals surface area contributed by atoms with Gasteiger partial charge >= 0.3 is 12.1 Å². The molecule has 1 atom stereocenters. The average Bonchev–Trinajstić information content (AvgIpc) is 2.52. The van der Waals surface area contributed by atoms with Crippen molar-refractivity contribution in [3.8, 4) is 0 Å². The van der Waals surface area contributed by atoms with Gasteiger partial charge in [-0.15, -0.1) is 11.8 Å². The number of alkyl carbamates (subject to hydrolysis) is 1. The van der Waals surface area contributed by atoms with Gasteiger partial charge in [-0.2, -0.15) is 0 Å². The van der Waals surface area contributed by atoms with E-state index >= 15 is 0 Å². The van der Waals surface area contributed by atoms with Gasteiger partial charge < -0.3 is 15.2 Å². The minimum atomic E-state index is -0.799. The van der Waals surface area contributed by atoms with Crippen molar-refractivity contribution < 1.29 is 19.1 Å². The Morgan fingerprint density at radius 3 is 2.57 bits per heavy atom. The van der Waals surface area contributed by atoms with Gasteiger partial charge in [0.15, 0.2) is 5.37 Å². The van der Waals surface area contributed by atoms with Crippen LogP contribution in [0.15, 0.2) is 30.3 Å². The first kappa shape index (κ1) is 19.3. The van der Waals surface area contributed by atoms with Crippen LogP contribution in [0.4, 0.5) is 4.79 Å². The summed E-state index contributed by atoms with van der Waals surface area (Å²) in [7, 11) is 0. The van der Waals surface area contributed by atoms with Gasteiger partial charge in [-0.3, -0.25) is 5.32 Å². The van der Waals surface area contributed by atoms with E-state index in [2.05, 4.69) is 5.32 Å². The first-order valence-electron chi connectivity index (χ1n) is 7.52. The van der Waals surface area contributed by atoms with Crippen molar-refractivity contribution in [3.63, 3.8) is 0 Å². The lowest BCUT2D eigenvalue weighted by atomic mass is 10.2. The van der Waals surface area contributed by atoms with Gasteiger partial charge in [-0.25, -0.2) is 9.59 Å². The fourth-order valence-corrected chi connectivity index (χ4v) is 2.56. The van der Waals surface area contributed by atoms with Crippen LogP contribution in [0.2, 0.25) is 0 Å². The van der Waals surface area contributed by atoms with Crippen LogP contribution in [0.25, 0.3) is 0 Å². The van der Waals surface area contributed by atoms with Crippen molar-refractivity contribution in [3.05, 3.63) is 35.9 Å². The molecule has 23 heavy (non-hydrogen) atoms. The number of amides is 1. The summed E-state index contributed by atoms with van der Waals surface area (Å²) in [5.41, 5.74) is 6.32. The highest BCUT2D eigenvalue weighted by atomic mass is 32.2. The minimum absolute atomic E-state index is 0.145. The molecule has 1 aromatic rings. The molecule has 6 nitrogen and oxygen atoms in total. The molecule has 0 aliphatic heterocycles. The van der Waals surface area contributed by atoms with Crippen LogP contribution in [0.1, 0.15) is 25.8 Å². The van der Waals surface area contributed by atoms with Crippen molar-refractivity contribution >= 4 is 23.8 Å². The van der Waals surface area contributed by atoms with Crippen LogP contribution in [0.3, 0.4) is 0 Å². The molecule has 7 heteroatoms. The number of carbonyl (C=O) groups excluding carboxylic acids is 2. The van der Waals surface area contributed by atoms with E-state index in [1.165, 1.54) is 11.8 Å². The van der Waals surface area contributed by atoms with Crippen LogP contribution in [-0.4, -0.2) is 35.8 Å². The second-order valence-electron chi connectivity index (χ2n) is 5.08. The van der Waals surface area contributed by atoms with Gasteiger partial charge in [0.1, 0.15) is 6.61 Å². The molecule has 0 aliphatic carbocycles. The van der Waals surface area contributed by atoms with Crippen LogP contribution in [0, 0.1) is 0 Å². The average molecular weight is 340 g/mol. The van der Waals surface area contributed by atoms with Gasteiger partial charge in [0.25, 0.3) is 0 Å². The third-order valence-electron chi connectivity index (χ3n) is 2.66. The Hall–Kier alpha value is -1.73. The summed E-state index contributed by atoms with van der Waals surface area (Å²) >= 11 is 1.28. The number of carbonyl (C=O) groups is 2. The van der Waals surface area contributed by atoms with Crippen LogP contribution >= 0.6 is 11.8 Å². The SMILES string of the molecule is CC(C)OC(=O)[C@@H](NC(=O)OCc1ccccc1)SCCCN. The molecule has 128 valence electrons. The molecule has 1 amide bonds. The second kappa shape index (κ2) is 10.9. The maximum Gasteiger partial charge on any atom is 0.408 e. The highest BCUT2D eigenvalue weighted by Crippen LogP contribution is 2.13. The number of thioether (sulfide) groups is 1. The summed E-state index contributed by atoms with van der Waals surface area (Å²) in [5, 5.41) is 1.74. The van der Waals surface area contributed by atoms with Crippen LogP contribution in [-0.2, 0) is 20.9 Å². The van der Waals surface area contributed by atoms with Crippen LogP contribution < -0.4 is 11.1 Å². The Labute approximate surface area is 141 Å². The third kappa shape index (κ3) is 8.47. The number of esters is 1. The Bertz CT molecular complexity index is 482. The van der Waals surface area contributed by atoms with Gasteiger partial charge in [0, 0.05) is 0 Å². The molecule has 1 aromatic carbocycles. The van der Waals surface area contributed by atoms with Gasteiger partial charge in [-0.05, 0) is 38.1 Å². The maximum absolute atomic E-state index is 12.0. The summed E-state index contributed by atoms with van der Waals surface area (Å²) in [6.07, 6.45) is -0.154. The highest BCUT2D eigenvalue weighted by Gasteiger charge is 2.24. The van der Waals surface area contributed by atoms with Gasteiger partial charge in [0.2, 0.25) is 0 Å². The number of benzene rings is 1. The number of nitrogens with two attached hydrogens (primary N) is 1. The molecule has 0 unspecified atom stereocenters. The van der Waals surface area contributed by atoms with Gasteiger partial charge in [0.05, 0.1) is 6.10 Å². The molecule has 3 N–H and O–H groups in total. The molecule has 0 aromatic heterocycles. The van der Waals surface area contributed by atoms with Gasteiger partial charge in [-0.1, -0.05) is 30.3 Å². The number of rotatable bonds is 9. The second-order valence-corrected chi connectivity index (χ2v) is 6.30. The molecule has 0 saturated carbocycles. The molecular formula is C16H24N2O4S. The molecule has 0 fully saturated rings. The number of hydrogen-bond donors (Lipinski definition) is 2. The maximum atomic E-state index is 12.0. The minimum Gasteiger partial charge on any atom is -0.461 e. The van der Waals surface area contributed by atoms with Crippen molar-refractivity contribution in [1.82, 2.24) is 5.32 Å². The molecule has 0 saturated heterocycles. The van der Waals surface area contributed by atoms with E-state index in [-0.39, 0.29) is 12.7 Å². The van der Waals surface area contributed by atoms with E-state index in [0.29, 0.717) is 12.3 Å². The first-order chi connectivity index (χ1) is 11.0. The van der Waals surface area contributed by atoms with E-state index in [9.17, 15) is 9.59 Å². The molecule has 0 spiro atoms. The number of hydrogen-bond acceptors (Lipinski definition) is 6. The van der Waals surface area contributed by atoms with E-state index in [1.54, 1.807) is 13.8 Å². The van der Waals surface area contributed by atoms with Crippen molar-refractivity contribution in [2.75, 3.05) is 12.3 Å². The molecular weight excluding hydrogens is 316 g/mol. The van der Waals surface area contributed by atoms with E-state index in [1.807, 2.05) is 30.3 Å². The fraction of sp³-hybridized carbons (Fsp3) is 0.500. The Morgan fingerprint density at radius 1 is 1.26 bits per heavy atom. The summed E-state index contributed by atoms with van der Waals surface area (Å²) in [5.74, 6) is 0.159. The Kier molecular flexibility index (Phi) is 9.16. The summed E-state index contributed by atoms with van der Waals surface area (Å²) in [4.78, 5) is 23.9. The van der Waals surface area contributed by atoms with E-state index in [0.717, 1.165) is 12.0 Å². The predicted molar refractivity (Wildman–Crippen MR) is 90.9 cm³/mol. The number of nitrogens with one attached hydrogen (secondary N) is 1. The molecule has 0 heterocycles. The van der Waals surface area contributed by atoms with Crippen molar-refractivity contribution in [1.29, 1.82) is 0 Å². The van der Waals surface area contributed by atoms with Crippen molar-refractivity contribution in [2.45, 2.75) is 38.4 Å². The summed E-state index contributed by atoms with van der Waals surface area (Å²) in [6.45, 7) is 4.18. The first-order valence-corrected chi connectivity index (χ1v) is 8.57. The predicted octanol–water partition coefficient (Wildman–Crippen LogP) is 2.27. The Balaban J connectivity index is 2.49. The van der Waals surface area contributed by atoms with Crippen LogP contribution in [0.5, 0.6) is 0 Å². The lowest BCUT2D eigenvalue weighted by molar-refractivity contribution is -0.147. The fourth-order valence-electron chi connectivity index (χ4n) is 1.62. The summed E-state index contributed by atoms with van der Waals surface area (Å²) < 4.78 is 10.3. The molecule has 0 bridgehead atoms. The smallest absolute Gasteiger partial charge is 0.408 e. The highest BCUT2D eigenvalue weighted by molar-refractivity contribution is 8.00. The molecule has 0 radical (unpaired) electrons. The monoisotopic (exact) mass is 340 g/mol. The standard InChI is InChI=1S/C16H24N2O4S/c1-12(2)22-15(19)14(23-10-6-9-17)18-16(20)21-11-13-7-4-3-5-8-13/h3-5,7-8,12,14H,6,9-11,17H2,1-2H3,(H,18,20)/t14-/m0/s1. The zero-order valence-electron chi connectivity index (χ0n) is 13.5. The zero-order valence-corrected chi connectivity index (χ0v) is 14.3. The quantitative estimate of drug-likeness (QED) is 0.407. The normalized spacial score (nSPS) is 11.8. The topological polar surface area (TPSA) is 90.6 Å². The summed E-state index contributed by atoms with van der Waals surface area (Å²) in [6, 6.07) is 9.32. The Morgan fingerprint density at radius 2 is 1.96 bits per heavy atom. The third-order valence-corrected chi connectivity index (χ3v) is 3.83. The zero-order chi connectivity index (χ0) is 17.1. The lowest BCUT2D eigenvalue weighted by Gasteiger charge is -2.18.